The van der Waals surface area contributed by atoms with Gasteiger partial charge in [0.1, 0.15) is 0 Å². The largest absolute Gasteiger partial charge is 0.228 e. The highest BCUT2D eigenvalue weighted by atomic mass is 14.9. The standard InChI is InChI=1S/C59H42N2/c1-59(2)53-29-15-28-51(57(53)52-36-45-20-9-10-21-46(45)37-54(52)59)50-27-12-11-26-49(50)41-30-32-42(33-31-41)58-60-55(47-24-13-22-43(34-47)39-16-5-3-6-17-39)38-56(61-58)48-25-14-23-44(35-48)40-18-7-4-8-19-40/h3-38H,1-2H3. The first kappa shape index (κ1) is 36.4. The maximum atomic E-state index is 5.27. The molecule has 11 rings (SSSR count). The minimum Gasteiger partial charge on any atom is -0.228 e. The van der Waals surface area contributed by atoms with Crippen LogP contribution in [0.5, 0.6) is 0 Å². The summed E-state index contributed by atoms with van der Waals surface area (Å²) in [4.78, 5) is 10.5. The van der Waals surface area contributed by atoms with Gasteiger partial charge in [0.15, 0.2) is 5.82 Å². The van der Waals surface area contributed by atoms with E-state index in [0.717, 1.165) is 44.8 Å². The molecule has 0 saturated heterocycles. The molecule has 61 heavy (non-hydrogen) atoms. The molecule has 0 N–H and O–H groups in total. The van der Waals surface area contributed by atoms with E-state index in [1.807, 2.05) is 0 Å². The van der Waals surface area contributed by atoms with Gasteiger partial charge in [-0.25, -0.2) is 9.97 Å². The first-order valence-corrected chi connectivity index (χ1v) is 21.1. The Bertz CT molecular complexity index is 3150. The molecule has 2 nitrogen and oxygen atoms in total. The lowest BCUT2D eigenvalue weighted by Crippen LogP contribution is -2.14. The molecule has 10 aromatic rings. The van der Waals surface area contributed by atoms with Crippen LogP contribution in [0.4, 0.5) is 0 Å². The van der Waals surface area contributed by atoms with E-state index in [9.17, 15) is 0 Å². The lowest BCUT2D eigenvalue weighted by atomic mass is 9.81. The van der Waals surface area contributed by atoms with Crippen molar-refractivity contribution in [1.82, 2.24) is 9.97 Å². The van der Waals surface area contributed by atoms with E-state index in [-0.39, 0.29) is 5.41 Å². The number of benzene rings is 9. The summed E-state index contributed by atoms with van der Waals surface area (Å²) < 4.78 is 0. The van der Waals surface area contributed by atoms with Gasteiger partial charge < -0.3 is 0 Å². The van der Waals surface area contributed by atoms with Crippen LogP contribution in [0.3, 0.4) is 0 Å². The minimum atomic E-state index is -0.111. The molecule has 0 fully saturated rings. The quantitative estimate of drug-likeness (QED) is 0.161. The van der Waals surface area contributed by atoms with Crippen molar-refractivity contribution in [2.24, 2.45) is 0 Å². The lowest BCUT2D eigenvalue weighted by Gasteiger charge is -2.22. The van der Waals surface area contributed by atoms with Crippen LogP contribution in [0.2, 0.25) is 0 Å². The molecule has 1 aromatic heterocycles. The van der Waals surface area contributed by atoms with Crippen molar-refractivity contribution in [1.29, 1.82) is 0 Å². The van der Waals surface area contributed by atoms with Gasteiger partial charge in [-0.15, -0.1) is 0 Å². The Balaban J connectivity index is 1.01. The summed E-state index contributed by atoms with van der Waals surface area (Å²) in [6.45, 7) is 4.73. The van der Waals surface area contributed by atoms with Crippen molar-refractivity contribution in [2.45, 2.75) is 19.3 Å². The number of aromatic nitrogens is 2. The molecule has 0 bridgehead atoms. The van der Waals surface area contributed by atoms with Crippen LogP contribution >= 0.6 is 0 Å². The SMILES string of the molecule is CC1(C)c2cc3ccccc3cc2-c2c(-c3ccccc3-c3ccc(-c4nc(-c5cccc(-c6ccccc6)c5)cc(-c5cccc(-c6ccccc6)c5)n4)cc3)cccc21. The third kappa shape index (κ3) is 6.54. The summed E-state index contributed by atoms with van der Waals surface area (Å²) in [7, 11) is 0. The Kier molecular flexibility index (Phi) is 8.86. The Morgan fingerprint density at radius 1 is 0.295 bits per heavy atom. The van der Waals surface area contributed by atoms with Crippen LogP contribution in [0.15, 0.2) is 218 Å². The average Bonchev–Trinajstić information content (AvgIpc) is 3.56. The highest BCUT2D eigenvalue weighted by Crippen LogP contribution is 2.54. The van der Waals surface area contributed by atoms with Gasteiger partial charge in [-0.1, -0.05) is 202 Å². The number of hydrogen-bond acceptors (Lipinski definition) is 2. The summed E-state index contributed by atoms with van der Waals surface area (Å²) in [6, 6.07) is 78.5. The number of nitrogens with zero attached hydrogens (tertiary/aromatic N) is 2. The molecular formula is C59H42N2. The van der Waals surface area contributed by atoms with E-state index in [1.54, 1.807) is 0 Å². The Hall–Kier alpha value is -7.68. The van der Waals surface area contributed by atoms with Crippen molar-refractivity contribution in [3.63, 3.8) is 0 Å². The summed E-state index contributed by atoms with van der Waals surface area (Å²) in [5.74, 6) is 0.689. The Morgan fingerprint density at radius 3 is 1.39 bits per heavy atom. The van der Waals surface area contributed by atoms with E-state index in [4.69, 9.17) is 9.97 Å². The van der Waals surface area contributed by atoms with Crippen LogP contribution in [0.1, 0.15) is 25.0 Å². The molecule has 0 spiro atoms. The van der Waals surface area contributed by atoms with E-state index in [1.165, 1.54) is 60.8 Å². The summed E-state index contributed by atoms with van der Waals surface area (Å²) in [5, 5.41) is 2.55. The molecule has 288 valence electrons. The first-order valence-electron chi connectivity index (χ1n) is 21.1. The molecule has 2 heteroatoms. The Labute approximate surface area is 357 Å². The van der Waals surface area contributed by atoms with Gasteiger partial charge >= 0.3 is 0 Å². The van der Waals surface area contributed by atoms with E-state index in [2.05, 4.69) is 232 Å². The van der Waals surface area contributed by atoms with Crippen molar-refractivity contribution in [2.75, 3.05) is 0 Å². The maximum absolute atomic E-state index is 5.27. The fraction of sp³-hybridized carbons (Fsp3) is 0.0508. The zero-order chi connectivity index (χ0) is 40.9. The maximum Gasteiger partial charge on any atom is 0.160 e. The number of hydrogen-bond donors (Lipinski definition) is 0. The molecule has 0 unspecified atom stereocenters. The van der Waals surface area contributed by atoms with E-state index in [0.29, 0.717) is 5.82 Å². The molecule has 9 aromatic carbocycles. The first-order chi connectivity index (χ1) is 30.0. The second kappa shape index (κ2) is 14.9. The van der Waals surface area contributed by atoms with Crippen LogP contribution in [0.25, 0.3) is 100 Å². The van der Waals surface area contributed by atoms with Gasteiger partial charge in [0.25, 0.3) is 0 Å². The third-order valence-corrected chi connectivity index (χ3v) is 12.5. The summed E-state index contributed by atoms with van der Waals surface area (Å²) >= 11 is 0. The van der Waals surface area contributed by atoms with Gasteiger partial charge in [-0.3, -0.25) is 0 Å². The molecule has 0 amide bonds. The molecule has 0 atom stereocenters. The summed E-state index contributed by atoms with van der Waals surface area (Å²) in [5.41, 5.74) is 19.6. The van der Waals surface area contributed by atoms with Crippen molar-refractivity contribution in [3.05, 3.63) is 230 Å². The predicted octanol–water partition coefficient (Wildman–Crippen LogP) is 15.6. The Morgan fingerprint density at radius 2 is 0.770 bits per heavy atom. The average molecular weight is 779 g/mol. The molecular weight excluding hydrogens is 737 g/mol. The lowest BCUT2D eigenvalue weighted by molar-refractivity contribution is 0.661. The van der Waals surface area contributed by atoms with Crippen LogP contribution < -0.4 is 0 Å². The number of rotatable bonds is 7. The smallest absolute Gasteiger partial charge is 0.160 e. The fourth-order valence-corrected chi connectivity index (χ4v) is 9.32. The van der Waals surface area contributed by atoms with E-state index < -0.39 is 0 Å². The van der Waals surface area contributed by atoms with Crippen molar-refractivity contribution < 1.29 is 0 Å². The molecule has 1 aliphatic carbocycles. The van der Waals surface area contributed by atoms with Gasteiger partial charge in [-0.2, -0.15) is 0 Å². The fourth-order valence-electron chi connectivity index (χ4n) is 9.32. The third-order valence-electron chi connectivity index (χ3n) is 12.5. The highest BCUT2D eigenvalue weighted by molar-refractivity contribution is 6.01. The number of fused-ring (bicyclic) bond motifs is 4. The normalized spacial score (nSPS) is 12.6. The van der Waals surface area contributed by atoms with Gasteiger partial charge in [0.05, 0.1) is 11.4 Å². The van der Waals surface area contributed by atoms with Gasteiger partial charge in [-0.05, 0) is 108 Å². The van der Waals surface area contributed by atoms with Gasteiger partial charge in [0.2, 0.25) is 0 Å². The highest BCUT2D eigenvalue weighted by Gasteiger charge is 2.37. The molecule has 0 aliphatic heterocycles. The molecule has 0 radical (unpaired) electrons. The van der Waals surface area contributed by atoms with Crippen LogP contribution in [0, 0.1) is 0 Å². The monoisotopic (exact) mass is 778 g/mol. The minimum absolute atomic E-state index is 0.111. The summed E-state index contributed by atoms with van der Waals surface area (Å²) in [6.07, 6.45) is 0. The predicted molar refractivity (Wildman–Crippen MR) is 255 cm³/mol. The van der Waals surface area contributed by atoms with Crippen LogP contribution in [-0.4, -0.2) is 9.97 Å². The zero-order valence-corrected chi connectivity index (χ0v) is 34.2. The van der Waals surface area contributed by atoms with Crippen molar-refractivity contribution in [3.8, 4) is 89.5 Å². The van der Waals surface area contributed by atoms with Crippen molar-refractivity contribution >= 4 is 10.8 Å². The second-order valence-corrected chi connectivity index (χ2v) is 16.6. The van der Waals surface area contributed by atoms with Crippen LogP contribution in [-0.2, 0) is 5.41 Å². The topological polar surface area (TPSA) is 25.8 Å². The molecule has 0 saturated carbocycles. The second-order valence-electron chi connectivity index (χ2n) is 16.6. The molecule has 1 heterocycles. The molecule has 1 aliphatic rings. The zero-order valence-electron chi connectivity index (χ0n) is 34.2. The van der Waals surface area contributed by atoms with Gasteiger partial charge in [0, 0.05) is 22.1 Å². The van der Waals surface area contributed by atoms with E-state index >= 15 is 0 Å².